The van der Waals surface area contributed by atoms with Crippen LogP contribution in [0.5, 0.6) is 0 Å². The molecule has 0 spiro atoms. The van der Waals surface area contributed by atoms with E-state index in [1.807, 2.05) is 42.5 Å². The second-order valence-electron chi connectivity index (χ2n) is 4.87. The quantitative estimate of drug-likeness (QED) is 0.569. The van der Waals surface area contributed by atoms with Crippen LogP contribution < -0.4 is 11.3 Å². The van der Waals surface area contributed by atoms with E-state index in [4.69, 9.17) is 5.84 Å². The van der Waals surface area contributed by atoms with Crippen LogP contribution in [-0.2, 0) is 0 Å². The fraction of sp³-hybridized carbons (Fsp3) is 0.0588. The largest absolute Gasteiger partial charge is 0.271 e. The standard InChI is InChI=1S/C17H14F2N2/c18-14-7-8-15(16(19)10-14)17(21-20)13-6-5-11-3-1-2-4-12(11)9-13/h1-10,17,21H,20H2. The van der Waals surface area contributed by atoms with Crippen LogP contribution in [0, 0.1) is 11.6 Å². The number of benzene rings is 3. The molecule has 0 fully saturated rings. The summed E-state index contributed by atoms with van der Waals surface area (Å²) in [6, 6.07) is 16.6. The molecule has 3 rings (SSSR count). The minimum atomic E-state index is -0.619. The second-order valence-corrected chi connectivity index (χ2v) is 4.87. The van der Waals surface area contributed by atoms with Crippen LogP contribution in [0.2, 0.25) is 0 Å². The van der Waals surface area contributed by atoms with Crippen LogP contribution in [0.15, 0.2) is 60.7 Å². The van der Waals surface area contributed by atoms with Crippen LogP contribution >= 0.6 is 0 Å². The highest BCUT2D eigenvalue weighted by molar-refractivity contribution is 5.83. The molecule has 3 aromatic rings. The molecule has 1 unspecified atom stereocenters. The lowest BCUT2D eigenvalue weighted by Crippen LogP contribution is -2.29. The summed E-state index contributed by atoms with van der Waals surface area (Å²) < 4.78 is 27.0. The zero-order chi connectivity index (χ0) is 14.8. The Hall–Kier alpha value is -2.30. The molecule has 106 valence electrons. The molecule has 0 saturated carbocycles. The molecule has 4 heteroatoms. The summed E-state index contributed by atoms with van der Waals surface area (Å²) in [7, 11) is 0. The summed E-state index contributed by atoms with van der Waals surface area (Å²) in [5.74, 6) is 4.35. The molecule has 1 atom stereocenters. The van der Waals surface area contributed by atoms with Gasteiger partial charge >= 0.3 is 0 Å². The first-order chi connectivity index (χ1) is 10.2. The third kappa shape index (κ3) is 2.63. The van der Waals surface area contributed by atoms with E-state index >= 15 is 0 Å². The molecule has 0 saturated heterocycles. The monoisotopic (exact) mass is 284 g/mol. The van der Waals surface area contributed by atoms with Crippen molar-refractivity contribution >= 4 is 10.8 Å². The maximum atomic E-state index is 14.0. The Kier molecular flexibility index (Phi) is 3.64. The van der Waals surface area contributed by atoms with Crippen molar-refractivity contribution < 1.29 is 8.78 Å². The summed E-state index contributed by atoms with van der Waals surface area (Å²) in [4.78, 5) is 0. The number of halogens is 2. The van der Waals surface area contributed by atoms with Gasteiger partial charge in [-0.1, -0.05) is 42.5 Å². The van der Waals surface area contributed by atoms with Gasteiger partial charge < -0.3 is 0 Å². The first-order valence-electron chi connectivity index (χ1n) is 6.59. The van der Waals surface area contributed by atoms with E-state index in [0.29, 0.717) is 5.56 Å². The van der Waals surface area contributed by atoms with E-state index in [0.717, 1.165) is 22.4 Å². The summed E-state index contributed by atoms with van der Waals surface area (Å²) in [5.41, 5.74) is 3.73. The molecule has 21 heavy (non-hydrogen) atoms. The van der Waals surface area contributed by atoms with Gasteiger partial charge in [-0.25, -0.2) is 14.2 Å². The molecule has 0 aromatic heterocycles. The summed E-state index contributed by atoms with van der Waals surface area (Å²) in [5, 5.41) is 2.13. The Morgan fingerprint density at radius 2 is 1.62 bits per heavy atom. The third-order valence-corrected chi connectivity index (χ3v) is 3.55. The topological polar surface area (TPSA) is 38.0 Å². The zero-order valence-corrected chi connectivity index (χ0v) is 11.2. The third-order valence-electron chi connectivity index (χ3n) is 3.55. The molecular weight excluding hydrogens is 270 g/mol. The molecular formula is C17H14F2N2. The molecule has 3 aromatic carbocycles. The van der Waals surface area contributed by atoms with Crippen LogP contribution in [0.25, 0.3) is 10.8 Å². The van der Waals surface area contributed by atoms with Crippen LogP contribution in [0.4, 0.5) is 8.78 Å². The van der Waals surface area contributed by atoms with Gasteiger partial charge in [0.05, 0.1) is 6.04 Å². The molecule has 0 heterocycles. The van der Waals surface area contributed by atoms with Gasteiger partial charge in [-0.15, -0.1) is 0 Å². The maximum absolute atomic E-state index is 14.0. The van der Waals surface area contributed by atoms with Crippen molar-refractivity contribution in [2.45, 2.75) is 6.04 Å². The minimum absolute atomic E-state index is 0.314. The number of hydrazine groups is 1. The molecule has 0 bridgehead atoms. The average molecular weight is 284 g/mol. The predicted octanol–water partition coefficient (Wildman–Crippen LogP) is 3.67. The normalized spacial score (nSPS) is 12.5. The summed E-state index contributed by atoms with van der Waals surface area (Å²) in [6.45, 7) is 0. The molecule has 0 radical (unpaired) electrons. The maximum Gasteiger partial charge on any atom is 0.131 e. The van der Waals surface area contributed by atoms with Crippen molar-refractivity contribution in [3.63, 3.8) is 0 Å². The minimum Gasteiger partial charge on any atom is -0.271 e. The molecule has 3 N–H and O–H groups in total. The molecule has 0 aliphatic rings. The predicted molar refractivity (Wildman–Crippen MR) is 79.5 cm³/mol. The van der Waals surface area contributed by atoms with Gasteiger partial charge in [0.15, 0.2) is 0 Å². The number of fused-ring (bicyclic) bond motifs is 1. The van der Waals surface area contributed by atoms with Gasteiger partial charge in [-0.05, 0) is 28.5 Å². The van der Waals surface area contributed by atoms with E-state index in [1.165, 1.54) is 12.1 Å². The van der Waals surface area contributed by atoms with E-state index in [-0.39, 0.29) is 0 Å². The van der Waals surface area contributed by atoms with E-state index in [2.05, 4.69) is 5.43 Å². The van der Waals surface area contributed by atoms with Crippen molar-refractivity contribution in [3.8, 4) is 0 Å². The fourth-order valence-electron chi connectivity index (χ4n) is 2.49. The second kappa shape index (κ2) is 5.60. The van der Waals surface area contributed by atoms with Crippen molar-refractivity contribution in [3.05, 3.63) is 83.4 Å². The highest BCUT2D eigenvalue weighted by atomic mass is 19.1. The molecule has 0 aliphatic heterocycles. The van der Waals surface area contributed by atoms with E-state index in [9.17, 15) is 8.78 Å². The number of hydrogen-bond donors (Lipinski definition) is 2. The smallest absolute Gasteiger partial charge is 0.131 e. The van der Waals surface area contributed by atoms with Crippen molar-refractivity contribution in [2.75, 3.05) is 0 Å². The first kappa shape index (κ1) is 13.7. The number of hydrogen-bond acceptors (Lipinski definition) is 2. The Morgan fingerprint density at radius 3 is 2.33 bits per heavy atom. The lowest BCUT2D eigenvalue weighted by atomic mass is 9.96. The number of nitrogens with two attached hydrogens (primary N) is 1. The highest BCUT2D eigenvalue weighted by Crippen LogP contribution is 2.27. The zero-order valence-electron chi connectivity index (χ0n) is 11.2. The van der Waals surface area contributed by atoms with Crippen LogP contribution in [-0.4, -0.2) is 0 Å². The van der Waals surface area contributed by atoms with Crippen molar-refractivity contribution in [1.29, 1.82) is 0 Å². The Morgan fingerprint density at radius 1 is 0.857 bits per heavy atom. The number of rotatable bonds is 3. The van der Waals surface area contributed by atoms with Gasteiger partial charge in [0.25, 0.3) is 0 Å². The highest BCUT2D eigenvalue weighted by Gasteiger charge is 2.17. The van der Waals surface area contributed by atoms with Gasteiger partial charge in [-0.2, -0.15) is 0 Å². The Bertz CT molecular complexity index is 787. The van der Waals surface area contributed by atoms with Gasteiger partial charge in [0, 0.05) is 11.6 Å². The fourth-order valence-corrected chi connectivity index (χ4v) is 2.49. The number of nitrogens with one attached hydrogen (secondary N) is 1. The summed E-state index contributed by atoms with van der Waals surface area (Å²) in [6.07, 6.45) is 0. The molecule has 0 aliphatic carbocycles. The van der Waals surface area contributed by atoms with E-state index < -0.39 is 17.7 Å². The lowest BCUT2D eigenvalue weighted by Gasteiger charge is -2.18. The molecule has 2 nitrogen and oxygen atoms in total. The lowest BCUT2D eigenvalue weighted by molar-refractivity contribution is 0.541. The summed E-state index contributed by atoms with van der Waals surface area (Å²) >= 11 is 0. The average Bonchev–Trinajstić information content (AvgIpc) is 2.50. The van der Waals surface area contributed by atoms with E-state index in [1.54, 1.807) is 0 Å². The van der Waals surface area contributed by atoms with Gasteiger partial charge in [-0.3, -0.25) is 5.84 Å². The Balaban J connectivity index is 2.09. The Labute approximate surface area is 121 Å². The van der Waals surface area contributed by atoms with Crippen molar-refractivity contribution in [1.82, 2.24) is 5.43 Å². The van der Waals surface area contributed by atoms with Crippen LogP contribution in [0.3, 0.4) is 0 Å². The molecule has 0 amide bonds. The first-order valence-corrected chi connectivity index (χ1v) is 6.59. The van der Waals surface area contributed by atoms with Crippen LogP contribution in [0.1, 0.15) is 17.2 Å². The SMILES string of the molecule is NNC(c1ccc2ccccc2c1)c1ccc(F)cc1F. The van der Waals surface area contributed by atoms with Gasteiger partial charge in [0.2, 0.25) is 0 Å². The van der Waals surface area contributed by atoms with Crippen molar-refractivity contribution in [2.24, 2.45) is 5.84 Å². The van der Waals surface area contributed by atoms with Gasteiger partial charge in [0.1, 0.15) is 11.6 Å².